The fraction of sp³-hybridized carbons (Fsp3) is 0.750. The van der Waals surface area contributed by atoms with Crippen LogP contribution in [0.5, 0.6) is 0 Å². The number of unbranched alkanes of at least 4 members (excludes halogenated alkanes) is 1. The summed E-state index contributed by atoms with van der Waals surface area (Å²) in [5, 5.41) is 0. The lowest BCUT2D eigenvalue weighted by Gasteiger charge is -2.14. The van der Waals surface area contributed by atoms with Crippen molar-refractivity contribution >= 4 is 5.78 Å². The molecular weight excluding hydrogens is 176 g/mol. The van der Waals surface area contributed by atoms with E-state index in [0.29, 0.717) is 13.0 Å². The van der Waals surface area contributed by atoms with Gasteiger partial charge in [-0.2, -0.15) is 0 Å². The van der Waals surface area contributed by atoms with Crippen LogP contribution in [-0.4, -0.2) is 18.5 Å². The number of carbonyl (C=O) groups is 1. The molecule has 0 aliphatic heterocycles. The maximum atomic E-state index is 11.6. The molecule has 0 aliphatic rings. The molecule has 2 nitrogen and oxygen atoms in total. The van der Waals surface area contributed by atoms with Gasteiger partial charge in [-0.1, -0.05) is 19.4 Å². The third-order valence-corrected chi connectivity index (χ3v) is 2.11. The van der Waals surface area contributed by atoms with Crippen molar-refractivity contribution < 1.29 is 9.53 Å². The highest BCUT2D eigenvalue weighted by Gasteiger charge is 2.16. The maximum Gasteiger partial charge on any atom is 0.161 e. The molecule has 0 aromatic carbocycles. The first-order chi connectivity index (χ1) is 6.76. The molecule has 2 heteroatoms. The number of ether oxygens (including phenoxy) is 1. The zero-order chi connectivity index (χ0) is 10.8. The van der Waals surface area contributed by atoms with Crippen molar-refractivity contribution in [1.82, 2.24) is 0 Å². The van der Waals surface area contributed by atoms with Gasteiger partial charge in [0.05, 0.1) is 0 Å². The number of carbonyl (C=O) groups excluding carboxylic acids is 1. The smallest absolute Gasteiger partial charge is 0.161 e. The second-order valence-corrected chi connectivity index (χ2v) is 3.38. The Morgan fingerprint density at radius 3 is 2.71 bits per heavy atom. The fourth-order valence-corrected chi connectivity index (χ4v) is 1.38. The topological polar surface area (TPSA) is 26.3 Å². The molecular formula is C12H22O2. The largest absolute Gasteiger partial charge is 0.371 e. The van der Waals surface area contributed by atoms with E-state index < -0.39 is 0 Å². The minimum atomic E-state index is -0.171. The Morgan fingerprint density at radius 2 is 2.21 bits per heavy atom. The highest BCUT2D eigenvalue weighted by atomic mass is 16.5. The minimum Gasteiger partial charge on any atom is -0.371 e. The first-order valence-electron chi connectivity index (χ1n) is 5.51. The summed E-state index contributed by atoms with van der Waals surface area (Å²) in [5.41, 5.74) is 0. The summed E-state index contributed by atoms with van der Waals surface area (Å²) in [6.45, 7) is 8.26. The molecule has 0 bridgehead atoms. The van der Waals surface area contributed by atoms with Crippen molar-refractivity contribution in [2.45, 2.75) is 52.1 Å². The van der Waals surface area contributed by atoms with Crippen LogP contribution in [-0.2, 0) is 9.53 Å². The molecule has 14 heavy (non-hydrogen) atoms. The molecule has 1 atom stereocenters. The van der Waals surface area contributed by atoms with Crippen molar-refractivity contribution in [1.29, 1.82) is 0 Å². The van der Waals surface area contributed by atoms with Crippen molar-refractivity contribution in [2.24, 2.45) is 0 Å². The van der Waals surface area contributed by atoms with E-state index in [2.05, 4.69) is 13.5 Å². The summed E-state index contributed by atoms with van der Waals surface area (Å²) in [5.74, 6) is 0.246. The lowest BCUT2D eigenvalue weighted by molar-refractivity contribution is -0.130. The Labute approximate surface area is 87.3 Å². The molecule has 0 amide bonds. The predicted octanol–water partition coefficient (Wildman–Crippen LogP) is 3.12. The van der Waals surface area contributed by atoms with Gasteiger partial charge in [-0.25, -0.2) is 0 Å². The third-order valence-electron chi connectivity index (χ3n) is 2.11. The Bertz CT molecular complexity index is 158. The van der Waals surface area contributed by atoms with Crippen LogP contribution in [0.4, 0.5) is 0 Å². The van der Waals surface area contributed by atoms with Gasteiger partial charge in [0.25, 0.3) is 0 Å². The molecule has 0 saturated heterocycles. The van der Waals surface area contributed by atoms with Crippen LogP contribution < -0.4 is 0 Å². The lowest BCUT2D eigenvalue weighted by Crippen LogP contribution is -2.24. The standard InChI is InChI=1S/C12H22O2/c1-4-7-8-10-11(13)12(9-5-2)14-6-3/h4,12H,1,5-10H2,2-3H3. The molecule has 0 saturated carbocycles. The average molecular weight is 198 g/mol. The van der Waals surface area contributed by atoms with Crippen LogP contribution in [0.1, 0.15) is 46.0 Å². The van der Waals surface area contributed by atoms with Crippen LogP contribution in [0.3, 0.4) is 0 Å². The van der Waals surface area contributed by atoms with Gasteiger partial charge in [-0.05, 0) is 26.2 Å². The summed E-state index contributed by atoms with van der Waals surface area (Å²) >= 11 is 0. The Balaban J connectivity index is 3.81. The zero-order valence-corrected chi connectivity index (χ0v) is 9.42. The molecule has 0 radical (unpaired) electrons. The SMILES string of the molecule is C=CCCCC(=O)C(CCC)OCC. The van der Waals surface area contributed by atoms with Crippen molar-refractivity contribution in [3.05, 3.63) is 12.7 Å². The van der Waals surface area contributed by atoms with E-state index in [9.17, 15) is 4.79 Å². The number of allylic oxidation sites excluding steroid dienone is 1. The van der Waals surface area contributed by atoms with E-state index in [-0.39, 0.29) is 11.9 Å². The van der Waals surface area contributed by atoms with Gasteiger partial charge >= 0.3 is 0 Å². The summed E-state index contributed by atoms with van der Waals surface area (Å²) in [7, 11) is 0. The molecule has 0 aromatic rings. The first-order valence-corrected chi connectivity index (χ1v) is 5.51. The van der Waals surface area contributed by atoms with E-state index in [0.717, 1.165) is 25.7 Å². The highest BCUT2D eigenvalue weighted by Crippen LogP contribution is 2.08. The van der Waals surface area contributed by atoms with Crippen LogP contribution in [0.25, 0.3) is 0 Å². The summed E-state index contributed by atoms with van der Waals surface area (Å²) in [4.78, 5) is 11.6. The normalized spacial score (nSPS) is 12.4. The van der Waals surface area contributed by atoms with Crippen LogP contribution in [0.15, 0.2) is 12.7 Å². The average Bonchev–Trinajstić information content (AvgIpc) is 2.18. The third kappa shape index (κ3) is 5.92. The molecule has 0 aliphatic carbocycles. The molecule has 1 unspecified atom stereocenters. The predicted molar refractivity (Wildman–Crippen MR) is 59.4 cm³/mol. The monoisotopic (exact) mass is 198 g/mol. The van der Waals surface area contributed by atoms with Crippen LogP contribution in [0.2, 0.25) is 0 Å². The number of rotatable bonds is 9. The van der Waals surface area contributed by atoms with Gasteiger partial charge in [0.2, 0.25) is 0 Å². The molecule has 82 valence electrons. The Hall–Kier alpha value is -0.630. The summed E-state index contributed by atoms with van der Waals surface area (Å²) in [6.07, 6.45) is 5.96. The number of ketones is 1. The molecule has 0 heterocycles. The van der Waals surface area contributed by atoms with Crippen molar-refractivity contribution in [2.75, 3.05) is 6.61 Å². The fourth-order valence-electron chi connectivity index (χ4n) is 1.38. The Kier molecular flexibility index (Phi) is 8.54. The Morgan fingerprint density at radius 1 is 1.50 bits per heavy atom. The molecule has 0 rings (SSSR count). The van der Waals surface area contributed by atoms with Crippen molar-refractivity contribution in [3.63, 3.8) is 0 Å². The number of Topliss-reactive ketones (excluding diaryl/α,β-unsaturated/α-hetero) is 1. The van der Waals surface area contributed by atoms with Gasteiger partial charge in [0.1, 0.15) is 6.10 Å². The van der Waals surface area contributed by atoms with Gasteiger partial charge < -0.3 is 4.74 Å². The van der Waals surface area contributed by atoms with E-state index in [4.69, 9.17) is 4.74 Å². The second-order valence-electron chi connectivity index (χ2n) is 3.38. The summed E-state index contributed by atoms with van der Waals surface area (Å²) in [6, 6.07) is 0. The maximum absolute atomic E-state index is 11.6. The molecule has 0 N–H and O–H groups in total. The molecule has 0 fully saturated rings. The lowest BCUT2D eigenvalue weighted by atomic mass is 10.0. The van der Waals surface area contributed by atoms with Gasteiger partial charge in [-0.3, -0.25) is 4.79 Å². The number of hydrogen-bond acceptors (Lipinski definition) is 2. The number of hydrogen-bond donors (Lipinski definition) is 0. The van der Waals surface area contributed by atoms with E-state index in [1.165, 1.54) is 0 Å². The van der Waals surface area contributed by atoms with Crippen LogP contribution >= 0.6 is 0 Å². The van der Waals surface area contributed by atoms with Crippen LogP contribution in [0, 0.1) is 0 Å². The minimum absolute atomic E-state index is 0.171. The van der Waals surface area contributed by atoms with Gasteiger partial charge in [0, 0.05) is 13.0 Å². The summed E-state index contributed by atoms with van der Waals surface area (Å²) < 4.78 is 5.40. The van der Waals surface area contributed by atoms with Gasteiger partial charge in [-0.15, -0.1) is 6.58 Å². The van der Waals surface area contributed by atoms with E-state index in [1.54, 1.807) is 0 Å². The van der Waals surface area contributed by atoms with Crippen molar-refractivity contribution in [3.8, 4) is 0 Å². The zero-order valence-electron chi connectivity index (χ0n) is 9.42. The first kappa shape index (κ1) is 13.4. The van der Waals surface area contributed by atoms with Gasteiger partial charge in [0.15, 0.2) is 5.78 Å². The molecule has 0 aromatic heterocycles. The molecule has 0 spiro atoms. The second kappa shape index (κ2) is 8.95. The highest BCUT2D eigenvalue weighted by molar-refractivity contribution is 5.83. The quantitative estimate of drug-likeness (QED) is 0.420. The van der Waals surface area contributed by atoms with E-state index >= 15 is 0 Å². The van der Waals surface area contributed by atoms with E-state index in [1.807, 2.05) is 13.0 Å².